The lowest BCUT2D eigenvalue weighted by Crippen LogP contribution is -2.23. The van der Waals surface area contributed by atoms with Crippen LogP contribution < -0.4 is 14.8 Å². The number of carbonyl (C=O) groups excluding carboxylic acids is 1. The molecule has 1 N–H and O–H groups in total. The molecule has 1 aromatic heterocycles. The Kier molecular flexibility index (Phi) is 4.48. The number of nitrogens with one attached hydrogen (secondary N) is 1. The van der Waals surface area contributed by atoms with Crippen LogP contribution in [-0.4, -0.2) is 17.6 Å². The first kappa shape index (κ1) is 16.0. The summed E-state index contributed by atoms with van der Waals surface area (Å²) in [7, 11) is 0. The van der Waals surface area contributed by atoms with Gasteiger partial charge in [-0.25, -0.2) is 0 Å². The maximum absolute atomic E-state index is 12.0. The molecule has 0 bridgehead atoms. The molecule has 0 radical (unpaired) electrons. The topological polar surface area (TPSA) is 90.7 Å². The van der Waals surface area contributed by atoms with Gasteiger partial charge in [0.1, 0.15) is 0 Å². The highest BCUT2D eigenvalue weighted by molar-refractivity contribution is 7.10. The Morgan fingerprint density at radius 2 is 2.17 bits per heavy atom. The summed E-state index contributed by atoms with van der Waals surface area (Å²) in [5, 5.41) is 15.9. The monoisotopic (exact) mass is 346 g/mol. The van der Waals surface area contributed by atoms with E-state index in [-0.39, 0.29) is 30.0 Å². The number of nitro groups is 1. The molecule has 1 aromatic carbocycles. The third-order valence-corrected chi connectivity index (χ3v) is 4.52. The van der Waals surface area contributed by atoms with Crippen LogP contribution >= 0.6 is 11.3 Å². The highest BCUT2D eigenvalue weighted by Gasteiger charge is 2.22. The van der Waals surface area contributed by atoms with E-state index in [0.29, 0.717) is 11.5 Å². The lowest BCUT2D eigenvalue weighted by Gasteiger charge is -2.09. The summed E-state index contributed by atoms with van der Waals surface area (Å²) in [6.07, 6.45) is 2.67. The van der Waals surface area contributed by atoms with Gasteiger partial charge in [0.25, 0.3) is 5.69 Å². The van der Waals surface area contributed by atoms with Gasteiger partial charge in [0.05, 0.1) is 22.6 Å². The number of fused-ring (bicyclic) bond motifs is 1. The summed E-state index contributed by atoms with van der Waals surface area (Å²) in [4.78, 5) is 23.7. The molecule has 0 saturated heterocycles. The van der Waals surface area contributed by atoms with E-state index in [1.54, 1.807) is 11.3 Å². The van der Waals surface area contributed by atoms with Crippen LogP contribution in [-0.2, 0) is 4.79 Å². The van der Waals surface area contributed by atoms with Crippen molar-refractivity contribution in [3.63, 3.8) is 0 Å². The van der Waals surface area contributed by atoms with Crippen LogP contribution in [0.15, 0.2) is 35.7 Å². The average molecular weight is 346 g/mol. The van der Waals surface area contributed by atoms with Crippen molar-refractivity contribution < 1.29 is 19.2 Å². The summed E-state index contributed by atoms with van der Waals surface area (Å²) >= 11 is 1.55. The molecule has 2 heterocycles. The van der Waals surface area contributed by atoms with Gasteiger partial charge < -0.3 is 14.8 Å². The first-order valence-electron chi connectivity index (χ1n) is 7.14. The third-order valence-electron chi connectivity index (χ3n) is 3.46. The number of nitro benzene ring substituents is 1. The van der Waals surface area contributed by atoms with Crippen LogP contribution in [0.5, 0.6) is 11.5 Å². The van der Waals surface area contributed by atoms with Gasteiger partial charge in [-0.2, -0.15) is 0 Å². The lowest BCUT2D eigenvalue weighted by atomic mass is 10.1. The predicted octanol–water partition coefficient (Wildman–Crippen LogP) is 3.28. The molecule has 0 spiro atoms. The molecule has 124 valence electrons. The number of nitrogens with zero attached hydrogens (tertiary/aromatic N) is 1. The number of hydrogen-bond donors (Lipinski definition) is 1. The highest BCUT2D eigenvalue weighted by Crippen LogP contribution is 2.38. The Labute approximate surface area is 141 Å². The number of hydrogen-bond acceptors (Lipinski definition) is 6. The molecule has 24 heavy (non-hydrogen) atoms. The van der Waals surface area contributed by atoms with Crippen molar-refractivity contribution in [1.82, 2.24) is 5.32 Å². The fourth-order valence-corrected chi connectivity index (χ4v) is 3.01. The van der Waals surface area contributed by atoms with E-state index in [4.69, 9.17) is 9.47 Å². The zero-order chi connectivity index (χ0) is 17.1. The van der Waals surface area contributed by atoms with Gasteiger partial charge in [0.15, 0.2) is 11.5 Å². The van der Waals surface area contributed by atoms with Gasteiger partial charge in [-0.05, 0) is 30.5 Å². The van der Waals surface area contributed by atoms with Gasteiger partial charge in [0, 0.05) is 11.0 Å². The largest absolute Gasteiger partial charge is 0.454 e. The van der Waals surface area contributed by atoms with Crippen LogP contribution in [0.4, 0.5) is 5.69 Å². The second-order valence-corrected chi connectivity index (χ2v) is 6.08. The molecule has 1 unspecified atom stereocenters. The quantitative estimate of drug-likeness (QED) is 0.510. The summed E-state index contributed by atoms with van der Waals surface area (Å²) < 4.78 is 10.4. The Bertz CT molecular complexity index is 801. The third kappa shape index (κ3) is 3.38. The fraction of sp³-hybridized carbons (Fsp3) is 0.188. The molecule has 2 aromatic rings. The molecular formula is C16H14N2O5S. The summed E-state index contributed by atoms with van der Waals surface area (Å²) in [6, 6.07) is 6.51. The standard InChI is InChI=1S/C16H14N2O5S/c1-10(15-3-2-6-24-15)17-16(19)5-4-11-7-13-14(23-9-22-13)8-12(11)18(20)21/h2-8,10H,9H2,1H3,(H,17,19). The minimum Gasteiger partial charge on any atom is -0.454 e. The van der Waals surface area contributed by atoms with Gasteiger partial charge in [-0.3, -0.25) is 14.9 Å². The minimum atomic E-state index is -0.520. The summed E-state index contributed by atoms with van der Waals surface area (Å²) in [6.45, 7) is 1.90. The summed E-state index contributed by atoms with van der Waals surface area (Å²) in [5.74, 6) is 0.421. The molecule has 0 fully saturated rings. The molecule has 0 saturated carbocycles. The van der Waals surface area contributed by atoms with E-state index in [1.165, 1.54) is 24.3 Å². The Morgan fingerprint density at radius 1 is 1.42 bits per heavy atom. The number of carbonyl (C=O) groups is 1. The van der Waals surface area contributed by atoms with Gasteiger partial charge in [-0.15, -0.1) is 11.3 Å². The van der Waals surface area contributed by atoms with Crippen molar-refractivity contribution in [3.05, 3.63) is 56.3 Å². The molecule has 7 nitrogen and oxygen atoms in total. The normalized spacial score (nSPS) is 13.9. The zero-order valence-corrected chi connectivity index (χ0v) is 13.5. The van der Waals surface area contributed by atoms with E-state index >= 15 is 0 Å². The molecule has 1 aliphatic heterocycles. The van der Waals surface area contributed by atoms with Gasteiger partial charge >= 0.3 is 0 Å². The number of amides is 1. The molecule has 0 aliphatic carbocycles. The number of benzene rings is 1. The Hall–Kier alpha value is -2.87. The maximum Gasteiger partial charge on any atom is 0.280 e. The fourth-order valence-electron chi connectivity index (χ4n) is 2.27. The number of ether oxygens (including phenoxy) is 2. The molecule has 8 heteroatoms. The summed E-state index contributed by atoms with van der Waals surface area (Å²) in [5.41, 5.74) is 0.137. The van der Waals surface area contributed by atoms with Crippen molar-refractivity contribution in [2.45, 2.75) is 13.0 Å². The van der Waals surface area contributed by atoms with Crippen molar-refractivity contribution in [2.75, 3.05) is 6.79 Å². The predicted molar refractivity (Wildman–Crippen MR) is 89.1 cm³/mol. The first-order chi connectivity index (χ1) is 11.5. The van der Waals surface area contributed by atoms with Crippen LogP contribution in [0.2, 0.25) is 0 Å². The molecular weight excluding hydrogens is 332 g/mol. The first-order valence-corrected chi connectivity index (χ1v) is 8.02. The minimum absolute atomic E-state index is 0.0263. The van der Waals surface area contributed by atoms with Crippen molar-refractivity contribution in [1.29, 1.82) is 0 Å². The van der Waals surface area contributed by atoms with E-state index in [0.717, 1.165) is 4.88 Å². The second-order valence-electron chi connectivity index (χ2n) is 5.10. The maximum atomic E-state index is 12.0. The van der Waals surface area contributed by atoms with Crippen LogP contribution in [0, 0.1) is 10.1 Å². The van der Waals surface area contributed by atoms with E-state index in [1.807, 2.05) is 24.4 Å². The van der Waals surface area contributed by atoms with E-state index in [2.05, 4.69) is 5.32 Å². The van der Waals surface area contributed by atoms with Crippen LogP contribution in [0.25, 0.3) is 6.08 Å². The Balaban J connectivity index is 1.76. The average Bonchev–Trinajstić information content (AvgIpc) is 3.22. The second kappa shape index (κ2) is 6.71. The lowest BCUT2D eigenvalue weighted by molar-refractivity contribution is -0.385. The smallest absolute Gasteiger partial charge is 0.280 e. The zero-order valence-electron chi connectivity index (χ0n) is 12.7. The van der Waals surface area contributed by atoms with Crippen molar-refractivity contribution in [2.24, 2.45) is 0 Å². The van der Waals surface area contributed by atoms with Gasteiger partial charge in [0.2, 0.25) is 12.7 Å². The van der Waals surface area contributed by atoms with E-state index in [9.17, 15) is 14.9 Å². The molecule has 3 rings (SSSR count). The van der Waals surface area contributed by atoms with E-state index < -0.39 is 4.92 Å². The van der Waals surface area contributed by atoms with Crippen molar-refractivity contribution in [3.8, 4) is 11.5 Å². The van der Waals surface area contributed by atoms with Gasteiger partial charge in [-0.1, -0.05) is 6.07 Å². The van der Waals surface area contributed by atoms with Crippen LogP contribution in [0.3, 0.4) is 0 Å². The Morgan fingerprint density at radius 3 is 2.83 bits per heavy atom. The molecule has 1 amide bonds. The van der Waals surface area contributed by atoms with Crippen molar-refractivity contribution >= 4 is 29.0 Å². The number of rotatable bonds is 5. The highest BCUT2D eigenvalue weighted by atomic mass is 32.1. The van der Waals surface area contributed by atoms with Crippen LogP contribution in [0.1, 0.15) is 23.4 Å². The SMILES string of the molecule is CC(NC(=O)C=Cc1cc2c(cc1[N+](=O)[O-])OCO2)c1cccs1. The molecule has 1 aliphatic rings. The number of thiophene rings is 1. The molecule has 1 atom stereocenters.